The molecular weight excluding hydrogens is 278 g/mol. The minimum atomic E-state index is -0.451. The third kappa shape index (κ3) is 2.88. The van der Waals surface area contributed by atoms with Crippen molar-refractivity contribution in [3.05, 3.63) is 46.5 Å². The molecule has 1 aliphatic rings. The lowest BCUT2D eigenvalue weighted by Crippen LogP contribution is -2.14. The molecule has 0 aromatic heterocycles. The van der Waals surface area contributed by atoms with Crippen molar-refractivity contribution in [2.45, 2.75) is 52.9 Å². The summed E-state index contributed by atoms with van der Waals surface area (Å²) in [5, 5.41) is 1.26. The molecular formula is C20H24F2. The van der Waals surface area contributed by atoms with Gasteiger partial charge in [-0.25, -0.2) is 8.78 Å². The van der Waals surface area contributed by atoms with E-state index in [1.807, 2.05) is 13.0 Å². The second kappa shape index (κ2) is 5.98. The molecule has 2 aromatic rings. The van der Waals surface area contributed by atoms with Gasteiger partial charge in [-0.1, -0.05) is 31.9 Å². The zero-order chi connectivity index (χ0) is 15.9. The zero-order valence-corrected chi connectivity index (χ0v) is 13.7. The van der Waals surface area contributed by atoms with Gasteiger partial charge in [-0.05, 0) is 67.5 Å². The largest absolute Gasteiger partial charge is 0.207 e. The summed E-state index contributed by atoms with van der Waals surface area (Å²) >= 11 is 0. The summed E-state index contributed by atoms with van der Waals surface area (Å²) < 4.78 is 28.1. The van der Waals surface area contributed by atoms with Gasteiger partial charge in [0.05, 0.1) is 0 Å². The van der Waals surface area contributed by atoms with E-state index in [0.29, 0.717) is 16.7 Å². The van der Waals surface area contributed by atoms with E-state index in [4.69, 9.17) is 0 Å². The molecule has 0 bridgehead atoms. The van der Waals surface area contributed by atoms with Crippen LogP contribution in [-0.2, 0) is 6.42 Å². The van der Waals surface area contributed by atoms with Crippen molar-refractivity contribution in [3.8, 4) is 0 Å². The minimum absolute atomic E-state index is 0.115. The van der Waals surface area contributed by atoms with E-state index in [1.54, 1.807) is 0 Å². The molecule has 0 nitrogen and oxygen atoms in total. The Kier molecular flexibility index (Phi) is 4.20. The Balaban J connectivity index is 1.94. The van der Waals surface area contributed by atoms with Crippen LogP contribution in [0, 0.1) is 37.3 Å². The normalized spacial score (nSPS) is 22.2. The predicted molar refractivity (Wildman–Crippen MR) is 88.2 cm³/mol. The molecule has 0 saturated heterocycles. The first-order valence-electron chi connectivity index (χ1n) is 8.33. The van der Waals surface area contributed by atoms with Crippen LogP contribution in [-0.4, -0.2) is 0 Å². The molecule has 0 amide bonds. The predicted octanol–water partition coefficient (Wildman–Crippen LogP) is 6.10. The summed E-state index contributed by atoms with van der Waals surface area (Å²) in [7, 11) is 0. The van der Waals surface area contributed by atoms with Gasteiger partial charge < -0.3 is 0 Å². The van der Waals surface area contributed by atoms with E-state index in [9.17, 15) is 8.78 Å². The monoisotopic (exact) mass is 302 g/mol. The van der Waals surface area contributed by atoms with Gasteiger partial charge in [-0.15, -0.1) is 0 Å². The summed E-state index contributed by atoms with van der Waals surface area (Å²) in [5.41, 5.74) is 2.24. The first-order chi connectivity index (χ1) is 10.5. The van der Waals surface area contributed by atoms with Crippen molar-refractivity contribution in [1.82, 2.24) is 0 Å². The number of halogens is 2. The van der Waals surface area contributed by atoms with Crippen molar-refractivity contribution in [3.63, 3.8) is 0 Å². The lowest BCUT2D eigenvalue weighted by atomic mass is 9.80. The number of fused-ring (bicyclic) bond motifs is 1. The molecule has 1 aliphatic carbocycles. The summed E-state index contributed by atoms with van der Waals surface area (Å²) in [5.74, 6) is 0.701. The van der Waals surface area contributed by atoms with Crippen molar-refractivity contribution >= 4 is 10.8 Å². The van der Waals surface area contributed by atoms with E-state index in [-0.39, 0.29) is 5.56 Å². The highest BCUT2D eigenvalue weighted by Crippen LogP contribution is 2.33. The highest BCUT2D eigenvalue weighted by Gasteiger charge is 2.19. The van der Waals surface area contributed by atoms with Crippen LogP contribution in [0.25, 0.3) is 10.8 Å². The van der Waals surface area contributed by atoms with Gasteiger partial charge >= 0.3 is 0 Å². The Hall–Kier alpha value is -1.44. The van der Waals surface area contributed by atoms with Gasteiger partial charge in [-0.3, -0.25) is 0 Å². The minimum Gasteiger partial charge on any atom is -0.207 e. The first kappa shape index (κ1) is 15.5. The molecule has 2 aromatic carbocycles. The topological polar surface area (TPSA) is 0 Å². The fourth-order valence-electron chi connectivity index (χ4n) is 3.83. The SMILES string of the molecule is Cc1c(F)cc2cc(CC3CCC(C)CC3)cc(C)c2c1F. The molecule has 3 rings (SSSR count). The van der Waals surface area contributed by atoms with Gasteiger partial charge in [0.25, 0.3) is 0 Å². The van der Waals surface area contributed by atoms with Crippen molar-refractivity contribution < 1.29 is 8.78 Å². The number of hydrogen-bond donors (Lipinski definition) is 0. The van der Waals surface area contributed by atoms with Crippen molar-refractivity contribution in [2.24, 2.45) is 11.8 Å². The molecule has 2 heteroatoms. The van der Waals surface area contributed by atoms with Gasteiger partial charge in [0, 0.05) is 10.9 Å². The second-order valence-corrected chi connectivity index (χ2v) is 7.14. The van der Waals surface area contributed by atoms with Crippen LogP contribution < -0.4 is 0 Å². The molecule has 0 radical (unpaired) electrons. The van der Waals surface area contributed by atoms with Crippen LogP contribution in [0.3, 0.4) is 0 Å². The quantitative estimate of drug-likeness (QED) is 0.628. The van der Waals surface area contributed by atoms with E-state index in [1.165, 1.54) is 44.2 Å². The van der Waals surface area contributed by atoms with Crippen molar-refractivity contribution in [1.29, 1.82) is 0 Å². The number of aryl methyl sites for hydroxylation is 1. The van der Waals surface area contributed by atoms with Crippen LogP contribution in [0.15, 0.2) is 18.2 Å². The van der Waals surface area contributed by atoms with Gasteiger partial charge in [0.15, 0.2) is 0 Å². The zero-order valence-electron chi connectivity index (χ0n) is 13.7. The molecule has 0 aliphatic heterocycles. The molecule has 1 saturated carbocycles. The fraction of sp³-hybridized carbons (Fsp3) is 0.500. The van der Waals surface area contributed by atoms with Gasteiger partial charge in [0.1, 0.15) is 11.6 Å². The Labute approximate surface area is 131 Å². The standard InChI is InChI=1S/C20H24F2/c1-12-4-6-15(7-5-12)9-16-8-13(2)19-17(10-16)11-18(21)14(3)20(19)22/h8,10-12,15H,4-7,9H2,1-3H3. The first-order valence-corrected chi connectivity index (χ1v) is 8.33. The lowest BCUT2D eigenvalue weighted by Gasteiger charge is -2.26. The van der Waals surface area contributed by atoms with Crippen LogP contribution in [0.2, 0.25) is 0 Å². The van der Waals surface area contributed by atoms with Crippen LogP contribution >= 0.6 is 0 Å². The van der Waals surface area contributed by atoms with E-state index < -0.39 is 11.6 Å². The summed E-state index contributed by atoms with van der Waals surface area (Å²) in [6.45, 7) is 5.75. The molecule has 1 fully saturated rings. The third-order valence-corrected chi connectivity index (χ3v) is 5.27. The van der Waals surface area contributed by atoms with Gasteiger partial charge in [-0.2, -0.15) is 0 Å². The number of rotatable bonds is 2. The van der Waals surface area contributed by atoms with E-state index >= 15 is 0 Å². The summed E-state index contributed by atoms with van der Waals surface area (Å²) in [4.78, 5) is 0. The average molecular weight is 302 g/mol. The Morgan fingerprint density at radius 3 is 2.36 bits per heavy atom. The maximum Gasteiger partial charge on any atom is 0.137 e. The maximum absolute atomic E-state index is 14.3. The average Bonchev–Trinajstić information content (AvgIpc) is 2.47. The Morgan fingerprint density at radius 1 is 1.00 bits per heavy atom. The Bertz CT molecular complexity index is 695. The number of hydrogen-bond acceptors (Lipinski definition) is 0. The van der Waals surface area contributed by atoms with Gasteiger partial charge in [0.2, 0.25) is 0 Å². The van der Waals surface area contributed by atoms with Crippen LogP contribution in [0.1, 0.15) is 49.3 Å². The highest BCUT2D eigenvalue weighted by atomic mass is 19.1. The molecule has 0 heterocycles. The third-order valence-electron chi connectivity index (χ3n) is 5.27. The lowest BCUT2D eigenvalue weighted by molar-refractivity contribution is 0.289. The summed E-state index contributed by atoms with van der Waals surface area (Å²) in [6.07, 6.45) is 6.18. The van der Waals surface area contributed by atoms with E-state index in [0.717, 1.165) is 17.9 Å². The maximum atomic E-state index is 14.3. The molecule has 22 heavy (non-hydrogen) atoms. The second-order valence-electron chi connectivity index (χ2n) is 7.14. The molecule has 0 spiro atoms. The molecule has 0 N–H and O–H groups in total. The van der Waals surface area contributed by atoms with E-state index in [2.05, 4.69) is 13.0 Å². The Morgan fingerprint density at radius 2 is 1.68 bits per heavy atom. The molecule has 118 valence electrons. The fourth-order valence-corrected chi connectivity index (χ4v) is 3.83. The summed E-state index contributed by atoms with van der Waals surface area (Å²) in [6, 6.07) is 5.54. The highest BCUT2D eigenvalue weighted by molar-refractivity contribution is 5.87. The van der Waals surface area contributed by atoms with Crippen LogP contribution in [0.5, 0.6) is 0 Å². The molecule has 0 atom stereocenters. The van der Waals surface area contributed by atoms with Crippen molar-refractivity contribution in [2.75, 3.05) is 0 Å². The smallest absolute Gasteiger partial charge is 0.137 e. The molecule has 0 unspecified atom stereocenters. The van der Waals surface area contributed by atoms with Crippen LogP contribution in [0.4, 0.5) is 8.78 Å². The number of benzene rings is 2.